The van der Waals surface area contributed by atoms with E-state index in [0.717, 1.165) is 36.3 Å². The minimum Gasteiger partial charge on any atom is -0.381 e. The quantitative estimate of drug-likeness (QED) is 0.456. The van der Waals surface area contributed by atoms with Crippen molar-refractivity contribution in [3.05, 3.63) is 76.3 Å². The van der Waals surface area contributed by atoms with Gasteiger partial charge >= 0.3 is 0 Å². The Kier molecular flexibility index (Phi) is 5.15. The fourth-order valence-corrected chi connectivity index (χ4v) is 4.03. The van der Waals surface area contributed by atoms with Gasteiger partial charge in [0.05, 0.1) is 4.92 Å². The zero-order valence-corrected chi connectivity index (χ0v) is 16.1. The van der Waals surface area contributed by atoms with Gasteiger partial charge in [-0.1, -0.05) is 36.4 Å². The van der Waals surface area contributed by atoms with Crippen molar-refractivity contribution in [2.24, 2.45) is 0 Å². The van der Waals surface area contributed by atoms with Crippen molar-refractivity contribution < 1.29 is 4.92 Å². The minimum absolute atomic E-state index is 0.201. The van der Waals surface area contributed by atoms with E-state index in [1.807, 2.05) is 30.3 Å². The smallest absolute Gasteiger partial charge is 0.292 e. The summed E-state index contributed by atoms with van der Waals surface area (Å²) in [5.74, 6) is 0. The monoisotopic (exact) mass is 375 g/mol. The van der Waals surface area contributed by atoms with Gasteiger partial charge in [-0.2, -0.15) is 0 Å². The molecule has 0 unspecified atom stereocenters. The molecular formula is C23H25N3O2. The van der Waals surface area contributed by atoms with Crippen molar-refractivity contribution in [3.63, 3.8) is 0 Å². The Morgan fingerprint density at radius 2 is 1.89 bits per heavy atom. The average molecular weight is 375 g/mol. The largest absolute Gasteiger partial charge is 0.381 e. The summed E-state index contributed by atoms with van der Waals surface area (Å²) in [5, 5.41) is 17.5. The maximum atomic E-state index is 11.7. The third kappa shape index (κ3) is 3.79. The van der Waals surface area contributed by atoms with E-state index in [2.05, 4.69) is 41.4 Å². The number of nitro benzene ring substituents is 1. The van der Waals surface area contributed by atoms with E-state index in [9.17, 15) is 10.1 Å². The van der Waals surface area contributed by atoms with Crippen LogP contribution in [0.4, 0.5) is 17.1 Å². The van der Waals surface area contributed by atoms with Gasteiger partial charge in [0, 0.05) is 30.9 Å². The first-order valence-corrected chi connectivity index (χ1v) is 9.88. The Balaban J connectivity index is 1.54. The van der Waals surface area contributed by atoms with Crippen molar-refractivity contribution in [1.82, 2.24) is 0 Å². The van der Waals surface area contributed by atoms with E-state index in [1.54, 1.807) is 6.07 Å². The highest BCUT2D eigenvalue weighted by atomic mass is 16.6. The number of nitro groups is 1. The van der Waals surface area contributed by atoms with Gasteiger partial charge in [0.25, 0.3) is 5.69 Å². The van der Waals surface area contributed by atoms with Crippen LogP contribution in [-0.2, 0) is 6.54 Å². The standard InChI is InChI=1S/C23H25N3O2/c1-17-6-4-5-13-25(17)22-12-9-18(14-23(22)26(27)28)16-24-21-11-10-19-7-2-3-8-20(19)15-21/h2-3,7-12,14-15,17,24H,4-6,13,16H2,1H3/t17-/m0/s1. The molecular weight excluding hydrogens is 350 g/mol. The lowest BCUT2D eigenvalue weighted by Gasteiger charge is -2.35. The van der Waals surface area contributed by atoms with Crippen LogP contribution in [0, 0.1) is 10.1 Å². The van der Waals surface area contributed by atoms with E-state index >= 15 is 0 Å². The highest BCUT2D eigenvalue weighted by Gasteiger charge is 2.25. The van der Waals surface area contributed by atoms with Crippen molar-refractivity contribution >= 4 is 27.8 Å². The topological polar surface area (TPSA) is 58.4 Å². The SMILES string of the molecule is C[C@H]1CCCCN1c1ccc(CNc2ccc3ccccc3c2)cc1[N+](=O)[O-]. The predicted molar refractivity (Wildman–Crippen MR) is 115 cm³/mol. The number of piperidine rings is 1. The molecule has 5 nitrogen and oxygen atoms in total. The number of nitrogens with zero attached hydrogens (tertiary/aromatic N) is 2. The lowest BCUT2D eigenvalue weighted by atomic mass is 10.0. The zero-order chi connectivity index (χ0) is 19.5. The van der Waals surface area contributed by atoms with E-state index < -0.39 is 0 Å². The molecule has 1 aliphatic heterocycles. The number of fused-ring (bicyclic) bond motifs is 1. The number of benzene rings is 3. The number of anilines is 2. The summed E-state index contributed by atoms with van der Waals surface area (Å²) in [5.41, 5.74) is 2.86. The highest BCUT2D eigenvalue weighted by Crippen LogP contribution is 2.34. The Labute approximate surface area is 165 Å². The summed E-state index contributed by atoms with van der Waals surface area (Å²) < 4.78 is 0. The third-order valence-electron chi connectivity index (χ3n) is 5.60. The first-order chi connectivity index (χ1) is 13.6. The van der Waals surface area contributed by atoms with Crippen LogP contribution in [0.5, 0.6) is 0 Å². The summed E-state index contributed by atoms with van der Waals surface area (Å²) in [4.78, 5) is 13.6. The first-order valence-electron chi connectivity index (χ1n) is 9.88. The number of hydrogen-bond donors (Lipinski definition) is 1. The molecule has 1 atom stereocenters. The lowest BCUT2D eigenvalue weighted by Crippen LogP contribution is -2.37. The molecule has 1 aliphatic rings. The lowest BCUT2D eigenvalue weighted by molar-refractivity contribution is -0.384. The normalized spacial score (nSPS) is 16.9. The third-order valence-corrected chi connectivity index (χ3v) is 5.60. The van der Waals surface area contributed by atoms with Gasteiger partial charge in [-0.05, 0) is 60.7 Å². The summed E-state index contributed by atoms with van der Waals surface area (Å²) in [6, 6.07) is 20.4. The number of rotatable bonds is 5. The molecule has 1 fully saturated rings. The van der Waals surface area contributed by atoms with Crippen LogP contribution < -0.4 is 10.2 Å². The molecule has 0 radical (unpaired) electrons. The van der Waals surface area contributed by atoms with Gasteiger partial charge in [-0.3, -0.25) is 10.1 Å². The molecule has 1 heterocycles. The molecule has 5 heteroatoms. The number of nitrogens with one attached hydrogen (secondary N) is 1. The van der Waals surface area contributed by atoms with E-state index in [1.165, 1.54) is 17.2 Å². The van der Waals surface area contributed by atoms with Gasteiger partial charge in [0.2, 0.25) is 0 Å². The minimum atomic E-state index is -0.254. The molecule has 0 saturated carbocycles. The van der Waals surface area contributed by atoms with E-state index in [-0.39, 0.29) is 10.6 Å². The Hall–Kier alpha value is -3.08. The second kappa shape index (κ2) is 7.89. The van der Waals surface area contributed by atoms with Crippen LogP contribution in [0.1, 0.15) is 31.7 Å². The van der Waals surface area contributed by atoms with Crippen LogP contribution in [0.15, 0.2) is 60.7 Å². The second-order valence-electron chi connectivity index (χ2n) is 7.53. The predicted octanol–water partition coefficient (Wildman–Crippen LogP) is 5.74. The van der Waals surface area contributed by atoms with Gasteiger partial charge < -0.3 is 10.2 Å². The molecule has 1 saturated heterocycles. The molecule has 4 rings (SSSR count). The second-order valence-corrected chi connectivity index (χ2v) is 7.53. The molecule has 0 spiro atoms. The summed E-state index contributed by atoms with van der Waals surface area (Å²) in [6.07, 6.45) is 3.37. The average Bonchev–Trinajstić information content (AvgIpc) is 2.72. The molecule has 28 heavy (non-hydrogen) atoms. The summed E-state index contributed by atoms with van der Waals surface area (Å²) in [6.45, 7) is 3.59. The van der Waals surface area contributed by atoms with Crippen LogP contribution in [0.25, 0.3) is 10.8 Å². The molecule has 1 N–H and O–H groups in total. The Bertz CT molecular complexity index is 1000. The van der Waals surface area contributed by atoms with Crippen molar-refractivity contribution in [2.45, 2.75) is 38.8 Å². The van der Waals surface area contributed by atoms with Crippen LogP contribution in [-0.4, -0.2) is 17.5 Å². The maximum absolute atomic E-state index is 11.7. The van der Waals surface area contributed by atoms with E-state index in [0.29, 0.717) is 12.6 Å². The Morgan fingerprint density at radius 3 is 2.68 bits per heavy atom. The molecule has 0 bridgehead atoms. The molecule has 0 amide bonds. The molecule has 0 aliphatic carbocycles. The molecule has 144 valence electrons. The van der Waals surface area contributed by atoms with Gasteiger partial charge in [0.15, 0.2) is 0 Å². The molecule has 0 aromatic heterocycles. The number of hydrogen-bond acceptors (Lipinski definition) is 4. The molecule has 3 aromatic rings. The van der Waals surface area contributed by atoms with Gasteiger partial charge in [-0.15, -0.1) is 0 Å². The van der Waals surface area contributed by atoms with Crippen LogP contribution >= 0.6 is 0 Å². The van der Waals surface area contributed by atoms with Crippen molar-refractivity contribution in [1.29, 1.82) is 0 Å². The van der Waals surface area contributed by atoms with Gasteiger partial charge in [0.1, 0.15) is 5.69 Å². The van der Waals surface area contributed by atoms with Crippen LogP contribution in [0.2, 0.25) is 0 Å². The first kappa shape index (κ1) is 18.3. The fourth-order valence-electron chi connectivity index (χ4n) is 4.03. The summed E-state index contributed by atoms with van der Waals surface area (Å²) >= 11 is 0. The zero-order valence-electron chi connectivity index (χ0n) is 16.1. The van der Waals surface area contributed by atoms with Crippen LogP contribution in [0.3, 0.4) is 0 Å². The van der Waals surface area contributed by atoms with Crippen molar-refractivity contribution in [2.75, 3.05) is 16.8 Å². The molecule has 3 aromatic carbocycles. The Morgan fingerprint density at radius 1 is 1.07 bits per heavy atom. The maximum Gasteiger partial charge on any atom is 0.292 e. The fraction of sp³-hybridized carbons (Fsp3) is 0.304. The van der Waals surface area contributed by atoms with E-state index in [4.69, 9.17) is 0 Å². The van der Waals surface area contributed by atoms with Crippen molar-refractivity contribution in [3.8, 4) is 0 Å². The summed E-state index contributed by atoms with van der Waals surface area (Å²) in [7, 11) is 0. The van der Waals surface area contributed by atoms with Gasteiger partial charge in [-0.25, -0.2) is 0 Å². The highest BCUT2D eigenvalue weighted by molar-refractivity contribution is 5.85.